The van der Waals surface area contributed by atoms with Crippen LogP contribution in [0.2, 0.25) is 0 Å². The van der Waals surface area contributed by atoms with Crippen LogP contribution in [-0.2, 0) is 4.74 Å². The quantitative estimate of drug-likeness (QED) is 0.735. The van der Waals surface area contributed by atoms with Crippen molar-refractivity contribution in [3.8, 4) is 0 Å². The average molecular weight is 241 g/mol. The molecule has 0 spiro atoms. The Morgan fingerprint density at radius 3 is 2.35 bits per heavy atom. The molecule has 1 saturated carbocycles. The number of hydrogen-bond donors (Lipinski definition) is 1. The first-order valence-corrected chi connectivity index (χ1v) is 7.48. The Morgan fingerprint density at radius 1 is 1.18 bits per heavy atom. The van der Waals surface area contributed by atoms with Gasteiger partial charge in [-0.2, -0.15) is 0 Å². The first-order chi connectivity index (χ1) is 8.13. The number of ether oxygens (including phenoxy) is 1. The lowest BCUT2D eigenvalue weighted by Crippen LogP contribution is -2.42. The van der Waals surface area contributed by atoms with E-state index in [1.807, 2.05) is 0 Å². The van der Waals surface area contributed by atoms with Crippen molar-refractivity contribution in [1.82, 2.24) is 5.32 Å². The van der Waals surface area contributed by atoms with Crippen molar-refractivity contribution < 1.29 is 4.74 Å². The maximum Gasteiger partial charge on any atom is 0.0625 e. The molecule has 0 aromatic rings. The molecule has 0 aromatic carbocycles. The lowest BCUT2D eigenvalue weighted by molar-refractivity contribution is 0.0408. The average Bonchev–Trinajstić information content (AvgIpc) is 2.30. The summed E-state index contributed by atoms with van der Waals surface area (Å²) in [6.45, 7) is 10.9. The molecule has 1 rings (SSSR count). The molecule has 1 fully saturated rings. The Kier molecular flexibility index (Phi) is 7.14. The molecule has 0 amide bonds. The summed E-state index contributed by atoms with van der Waals surface area (Å²) in [4.78, 5) is 0. The molecule has 2 nitrogen and oxygen atoms in total. The lowest BCUT2D eigenvalue weighted by atomic mass is 9.79. The fraction of sp³-hybridized carbons (Fsp3) is 1.00. The number of hydrogen-bond acceptors (Lipinski definition) is 2. The summed E-state index contributed by atoms with van der Waals surface area (Å²) in [5, 5.41) is 3.68. The molecule has 0 aliphatic heterocycles. The summed E-state index contributed by atoms with van der Waals surface area (Å²) < 4.78 is 5.82. The Morgan fingerprint density at radius 2 is 1.82 bits per heavy atom. The summed E-state index contributed by atoms with van der Waals surface area (Å²) in [5.41, 5.74) is 0. The van der Waals surface area contributed by atoms with Gasteiger partial charge in [0.2, 0.25) is 0 Å². The molecule has 1 N–H and O–H groups in total. The number of rotatable bonds is 7. The molecule has 0 radical (unpaired) electrons. The van der Waals surface area contributed by atoms with Crippen molar-refractivity contribution in [1.29, 1.82) is 0 Å². The standard InChI is InChI=1S/C15H31NO/c1-5-10-16-15(11-17-12(2)3)14-8-6-13(4)7-9-14/h12-16H,5-11H2,1-4H3. The summed E-state index contributed by atoms with van der Waals surface area (Å²) >= 11 is 0. The summed E-state index contributed by atoms with van der Waals surface area (Å²) in [7, 11) is 0. The van der Waals surface area contributed by atoms with Gasteiger partial charge in [-0.15, -0.1) is 0 Å². The van der Waals surface area contributed by atoms with E-state index in [1.54, 1.807) is 0 Å². The van der Waals surface area contributed by atoms with Crippen LogP contribution in [0.5, 0.6) is 0 Å². The van der Waals surface area contributed by atoms with E-state index >= 15 is 0 Å². The van der Waals surface area contributed by atoms with Crippen LogP contribution in [-0.4, -0.2) is 25.3 Å². The van der Waals surface area contributed by atoms with Gasteiger partial charge in [0, 0.05) is 6.04 Å². The van der Waals surface area contributed by atoms with Gasteiger partial charge in [0.25, 0.3) is 0 Å². The minimum absolute atomic E-state index is 0.350. The second-order valence-corrected chi connectivity index (χ2v) is 5.96. The molecule has 1 unspecified atom stereocenters. The predicted octanol–water partition coefficient (Wildman–Crippen LogP) is 3.61. The molecule has 0 bridgehead atoms. The Bertz CT molecular complexity index is 185. The summed E-state index contributed by atoms with van der Waals surface area (Å²) in [6, 6.07) is 0.574. The third-order valence-corrected chi connectivity index (χ3v) is 3.90. The monoisotopic (exact) mass is 241 g/mol. The van der Waals surface area contributed by atoms with E-state index in [9.17, 15) is 0 Å². The fourth-order valence-corrected chi connectivity index (χ4v) is 2.68. The van der Waals surface area contributed by atoms with Crippen LogP contribution in [0, 0.1) is 11.8 Å². The molecule has 1 atom stereocenters. The van der Waals surface area contributed by atoms with E-state index in [4.69, 9.17) is 4.74 Å². The van der Waals surface area contributed by atoms with E-state index in [1.165, 1.54) is 32.1 Å². The van der Waals surface area contributed by atoms with Crippen LogP contribution in [0.1, 0.15) is 59.8 Å². The third kappa shape index (κ3) is 5.87. The minimum atomic E-state index is 0.350. The first-order valence-electron chi connectivity index (χ1n) is 7.48. The first kappa shape index (κ1) is 15.0. The zero-order chi connectivity index (χ0) is 12.7. The largest absolute Gasteiger partial charge is 0.377 e. The highest BCUT2D eigenvalue weighted by Crippen LogP contribution is 2.30. The molecule has 1 aliphatic rings. The van der Waals surface area contributed by atoms with E-state index < -0.39 is 0 Å². The maximum atomic E-state index is 5.82. The van der Waals surface area contributed by atoms with Crippen LogP contribution in [0.3, 0.4) is 0 Å². The van der Waals surface area contributed by atoms with Gasteiger partial charge >= 0.3 is 0 Å². The molecule has 17 heavy (non-hydrogen) atoms. The van der Waals surface area contributed by atoms with Gasteiger partial charge in [0.1, 0.15) is 0 Å². The van der Waals surface area contributed by atoms with Crippen molar-refractivity contribution in [3.05, 3.63) is 0 Å². The van der Waals surface area contributed by atoms with Crippen molar-refractivity contribution in [2.45, 2.75) is 71.9 Å². The minimum Gasteiger partial charge on any atom is -0.377 e. The van der Waals surface area contributed by atoms with Gasteiger partial charge in [-0.1, -0.05) is 26.7 Å². The highest BCUT2D eigenvalue weighted by Gasteiger charge is 2.25. The smallest absolute Gasteiger partial charge is 0.0625 e. The van der Waals surface area contributed by atoms with Crippen LogP contribution >= 0.6 is 0 Å². The molecule has 0 heterocycles. The van der Waals surface area contributed by atoms with Crippen molar-refractivity contribution in [2.75, 3.05) is 13.2 Å². The topological polar surface area (TPSA) is 21.3 Å². The van der Waals surface area contributed by atoms with E-state index in [0.29, 0.717) is 12.1 Å². The zero-order valence-electron chi connectivity index (χ0n) is 12.2. The molecule has 2 heteroatoms. The molecular weight excluding hydrogens is 210 g/mol. The summed E-state index contributed by atoms with van der Waals surface area (Å²) in [5.74, 6) is 1.76. The highest BCUT2D eigenvalue weighted by atomic mass is 16.5. The Labute approximate surface area is 108 Å². The van der Waals surface area contributed by atoms with Crippen LogP contribution in [0.25, 0.3) is 0 Å². The van der Waals surface area contributed by atoms with Crippen molar-refractivity contribution >= 4 is 0 Å². The lowest BCUT2D eigenvalue weighted by Gasteiger charge is -2.33. The van der Waals surface area contributed by atoms with Gasteiger partial charge < -0.3 is 10.1 Å². The van der Waals surface area contributed by atoms with Crippen LogP contribution < -0.4 is 5.32 Å². The van der Waals surface area contributed by atoms with Gasteiger partial charge in [0.05, 0.1) is 12.7 Å². The van der Waals surface area contributed by atoms with Crippen molar-refractivity contribution in [2.24, 2.45) is 11.8 Å². The van der Waals surface area contributed by atoms with E-state index in [-0.39, 0.29) is 0 Å². The van der Waals surface area contributed by atoms with Crippen LogP contribution in [0.4, 0.5) is 0 Å². The molecule has 0 aromatic heterocycles. The van der Waals surface area contributed by atoms with Crippen molar-refractivity contribution in [3.63, 3.8) is 0 Å². The molecule has 0 saturated heterocycles. The SMILES string of the molecule is CCCNC(COC(C)C)C1CCC(C)CC1. The normalized spacial score (nSPS) is 27.4. The Hall–Kier alpha value is -0.0800. The van der Waals surface area contributed by atoms with E-state index in [2.05, 4.69) is 33.0 Å². The fourth-order valence-electron chi connectivity index (χ4n) is 2.68. The van der Waals surface area contributed by atoms with E-state index in [0.717, 1.165) is 25.0 Å². The van der Waals surface area contributed by atoms with Gasteiger partial charge in [0.15, 0.2) is 0 Å². The zero-order valence-corrected chi connectivity index (χ0v) is 12.2. The predicted molar refractivity (Wildman–Crippen MR) is 74.3 cm³/mol. The molecule has 1 aliphatic carbocycles. The van der Waals surface area contributed by atoms with Gasteiger partial charge in [-0.3, -0.25) is 0 Å². The van der Waals surface area contributed by atoms with Crippen LogP contribution in [0.15, 0.2) is 0 Å². The van der Waals surface area contributed by atoms with Gasteiger partial charge in [-0.25, -0.2) is 0 Å². The molecule has 102 valence electrons. The Balaban J connectivity index is 2.37. The second kappa shape index (κ2) is 8.10. The molecular formula is C15H31NO. The number of nitrogens with one attached hydrogen (secondary N) is 1. The highest BCUT2D eigenvalue weighted by molar-refractivity contribution is 4.81. The second-order valence-electron chi connectivity index (χ2n) is 5.96. The summed E-state index contributed by atoms with van der Waals surface area (Å²) in [6.07, 6.45) is 7.12. The third-order valence-electron chi connectivity index (χ3n) is 3.90. The van der Waals surface area contributed by atoms with Gasteiger partial charge in [-0.05, 0) is 51.5 Å². The maximum absolute atomic E-state index is 5.82.